The van der Waals surface area contributed by atoms with E-state index in [0.29, 0.717) is 18.5 Å². The number of amides is 1. The highest BCUT2D eigenvalue weighted by molar-refractivity contribution is 7.16. The molecule has 2 heterocycles. The highest BCUT2D eigenvalue weighted by atomic mass is 32.1. The van der Waals surface area contributed by atoms with Gasteiger partial charge in [0.15, 0.2) is 11.5 Å². The first-order valence-corrected chi connectivity index (χ1v) is 9.66. The molecule has 1 amide bonds. The third-order valence-corrected chi connectivity index (χ3v) is 5.41. The Balaban J connectivity index is 1.43. The summed E-state index contributed by atoms with van der Waals surface area (Å²) in [6.07, 6.45) is 0.975. The van der Waals surface area contributed by atoms with Gasteiger partial charge in [0.05, 0.1) is 10.2 Å². The Hall–Kier alpha value is -2.80. The van der Waals surface area contributed by atoms with Crippen LogP contribution in [0.5, 0.6) is 11.5 Å². The van der Waals surface area contributed by atoms with Gasteiger partial charge in [-0.05, 0) is 56.2 Å². The zero-order valence-corrected chi connectivity index (χ0v) is 16.0. The quantitative estimate of drug-likeness (QED) is 0.723. The van der Waals surface area contributed by atoms with Gasteiger partial charge in [0.2, 0.25) is 12.7 Å². The van der Waals surface area contributed by atoms with E-state index in [-0.39, 0.29) is 23.6 Å². The van der Waals surface area contributed by atoms with Gasteiger partial charge in [0.25, 0.3) is 0 Å². The molecule has 0 spiro atoms. The first-order chi connectivity index (χ1) is 13.0. The first-order valence-electron chi connectivity index (χ1n) is 8.85. The number of aryl methyl sites for hydroxylation is 1. The van der Waals surface area contributed by atoms with Crippen LogP contribution in [-0.4, -0.2) is 17.3 Å². The van der Waals surface area contributed by atoms with E-state index in [1.54, 1.807) is 4.57 Å². The number of fused-ring (bicyclic) bond motifs is 2. The smallest absolute Gasteiger partial charge is 0.308 e. The Morgan fingerprint density at radius 1 is 1.19 bits per heavy atom. The first kappa shape index (κ1) is 17.6. The van der Waals surface area contributed by atoms with E-state index in [4.69, 9.17) is 9.47 Å². The van der Waals surface area contributed by atoms with Gasteiger partial charge in [-0.2, -0.15) is 0 Å². The summed E-state index contributed by atoms with van der Waals surface area (Å²) in [5.74, 6) is 1.40. The van der Waals surface area contributed by atoms with Crippen LogP contribution >= 0.6 is 11.3 Å². The minimum atomic E-state index is -0.0670. The number of hydrogen-bond acceptors (Lipinski definition) is 5. The molecule has 4 rings (SSSR count). The molecule has 1 aromatic heterocycles. The lowest BCUT2D eigenvalue weighted by molar-refractivity contribution is -0.116. The average molecular weight is 384 g/mol. The Kier molecular flexibility index (Phi) is 4.61. The molecule has 2 aromatic carbocycles. The van der Waals surface area contributed by atoms with Gasteiger partial charge in [0, 0.05) is 18.2 Å². The summed E-state index contributed by atoms with van der Waals surface area (Å²) in [5.41, 5.74) is 2.63. The molecular weight excluding hydrogens is 364 g/mol. The number of rotatable bonds is 5. The number of nitrogens with zero attached hydrogens (tertiary/aromatic N) is 1. The van der Waals surface area contributed by atoms with Crippen molar-refractivity contribution in [2.45, 2.75) is 32.7 Å². The van der Waals surface area contributed by atoms with Crippen LogP contribution in [0.4, 0.5) is 5.69 Å². The zero-order valence-electron chi connectivity index (χ0n) is 15.2. The normalized spacial score (nSPS) is 12.7. The number of ether oxygens (including phenoxy) is 2. The number of nitrogens with one attached hydrogen (secondary N) is 1. The lowest BCUT2D eigenvalue weighted by Gasteiger charge is -2.09. The van der Waals surface area contributed by atoms with Gasteiger partial charge < -0.3 is 14.8 Å². The molecule has 0 atom stereocenters. The van der Waals surface area contributed by atoms with E-state index in [2.05, 4.69) is 5.32 Å². The highest BCUT2D eigenvalue weighted by Gasteiger charge is 2.14. The molecule has 0 radical (unpaired) electrons. The summed E-state index contributed by atoms with van der Waals surface area (Å²) >= 11 is 1.20. The standard InChI is InChI=1S/C20H20N2O4S/c1-12(2)22-15-6-5-14(10-18(15)27-20(22)24)21-19(23)8-4-13-3-7-16-17(9-13)26-11-25-16/h3,5-7,9-10,12H,4,8,11H2,1-2H3,(H,21,23). The van der Waals surface area contributed by atoms with Crippen molar-refractivity contribution in [3.63, 3.8) is 0 Å². The summed E-state index contributed by atoms with van der Waals surface area (Å²) in [6.45, 7) is 4.21. The third kappa shape index (κ3) is 3.55. The summed E-state index contributed by atoms with van der Waals surface area (Å²) in [4.78, 5) is 24.5. The maximum Gasteiger partial charge on any atom is 0.308 e. The van der Waals surface area contributed by atoms with Gasteiger partial charge >= 0.3 is 4.87 Å². The van der Waals surface area contributed by atoms with Crippen LogP contribution in [0, 0.1) is 0 Å². The summed E-state index contributed by atoms with van der Waals surface area (Å²) in [7, 11) is 0. The molecule has 0 saturated heterocycles. The van der Waals surface area contributed by atoms with Crippen molar-refractivity contribution in [2.24, 2.45) is 0 Å². The number of anilines is 1. The van der Waals surface area contributed by atoms with Crippen LogP contribution in [0.25, 0.3) is 10.2 Å². The molecule has 0 saturated carbocycles. The zero-order chi connectivity index (χ0) is 19.0. The number of thiazole rings is 1. The Morgan fingerprint density at radius 2 is 2.00 bits per heavy atom. The second kappa shape index (κ2) is 7.08. The predicted molar refractivity (Wildman–Crippen MR) is 106 cm³/mol. The van der Waals surface area contributed by atoms with Crippen LogP contribution in [0.15, 0.2) is 41.2 Å². The number of hydrogen-bond donors (Lipinski definition) is 1. The van der Waals surface area contributed by atoms with Crippen molar-refractivity contribution in [1.29, 1.82) is 0 Å². The van der Waals surface area contributed by atoms with Gasteiger partial charge in [-0.15, -0.1) is 0 Å². The molecule has 6 nitrogen and oxygen atoms in total. The lowest BCUT2D eigenvalue weighted by atomic mass is 10.1. The molecule has 1 aliphatic heterocycles. The topological polar surface area (TPSA) is 69.6 Å². The fourth-order valence-corrected chi connectivity index (χ4v) is 4.23. The second-order valence-corrected chi connectivity index (χ2v) is 7.74. The van der Waals surface area contributed by atoms with Gasteiger partial charge in [0.1, 0.15) is 0 Å². The minimum Gasteiger partial charge on any atom is -0.454 e. The number of carbonyl (C=O) groups excluding carboxylic acids is 1. The number of benzene rings is 2. The molecule has 140 valence electrons. The van der Waals surface area contributed by atoms with Crippen molar-refractivity contribution < 1.29 is 14.3 Å². The van der Waals surface area contributed by atoms with Gasteiger partial charge in [-0.1, -0.05) is 17.4 Å². The average Bonchev–Trinajstić information content (AvgIpc) is 3.22. The van der Waals surface area contributed by atoms with E-state index >= 15 is 0 Å². The van der Waals surface area contributed by atoms with E-state index < -0.39 is 0 Å². The van der Waals surface area contributed by atoms with Crippen LogP contribution < -0.4 is 19.7 Å². The maximum absolute atomic E-state index is 12.3. The molecule has 0 aliphatic carbocycles. The number of aromatic nitrogens is 1. The number of carbonyl (C=O) groups is 1. The molecule has 1 N–H and O–H groups in total. The molecule has 0 fully saturated rings. The third-order valence-electron chi connectivity index (χ3n) is 4.49. The van der Waals surface area contributed by atoms with E-state index in [1.807, 2.05) is 50.2 Å². The molecular formula is C20H20N2O4S. The molecule has 3 aromatic rings. The maximum atomic E-state index is 12.3. The van der Waals surface area contributed by atoms with Crippen molar-refractivity contribution in [2.75, 3.05) is 12.1 Å². The summed E-state index contributed by atoms with van der Waals surface area (Å²) in [6, 6.07) is 11.4. The largest absolute Gasteiger partial charge is 0.454 e. The summed E-state index contributed by atoms with van der Waals surface area (Å²) < 4.78 is 13.3. The van der Waals surface area contributed by atoms with E-state index in [0.717, 1.165) is 27.3 Å². The molecule has 27 heavy (non-hydrogen) atoms. The van der Waals surface area contributed by atoms with Gasteiger partial charge in [-0.3, -0.25) is 14.2 Å². The molecule has 0 bridgehead atoms. The fourth-order valence-electron chi connectivity index (χ4n) is 3.18. The van der Waals surface area contributed by atoms with Crippen molar-refractivity contribution in [3.8, 4) is 11.5 Å². The van der Waals surface area contributed by atoms with Crippen LogP contribution in [-0.2, 0) is 11.2 Å². The Bertz CT molecular complexity index is 1070. The summed E-state index contributed by atoms with van der Waals surface area (Å²) in [5, 5.41) is 2.92. The van der Waals surface area contributed by atoms with Crippen molar-refractivity contribution in [3.05, 3.63) is 51.6 Å². The van der Waals surface area contributed by atoms with E-state index in [1.165, 1.54) is 11.3 Å². The monoisotopic (exact) mass is 384 g/mol. The highest BCUT2D eigenvalue weighted by Crippen LogP contribution is 2.32. The Morgan fingerprint density at radius 3 is 2.81 bits per heavy atom. The van der Waals surface area contributed by atoms with Crippen molar-refractivity contribution in [1.82, 2.24) is 4.57 Å². The van der Waals surface area contributed by atoms with Crippen LogP contribution in [0.1, 0.15) is 31.9 Å². The predicted octanol–water partition coefficient (Wildman–Crippen LogP) is 3.94. The van der Waals surface area contributed by atoms with Crippen molar-refractivity contribution >= 4 is 33.1 Å². The minimum absolute atomic E-state index is 0.0197. The van der Waals surface area contributed by atoms with Crippen LogP contribution in [0.2, 0.25) is 0 Å². The fraction of sp³-hybridized carbons (Fsp3) is 0.300. The Labute approximate surface area is 160 Å². The van der Waals surface area contributed by atoms with Crippen LogP contribution in [0.3, 0.4) is 0 Å². The molecule has 7 heteroatoms. The molecule has 1 aliphatic rings. The SMILES string of the molecule is CC(C)n1c(=O)sc2cc(NC(=O)CCc3ccc4c(c3)OCO4)ccc21. The van der Waals surface area contributed by atoms with E-state index in [9.17, 15) is 9.59 Å². The molecule has 0 unspecified atom stereocenters. The second-order valence-electron chi connectivity index (χ2n) is 6.75. The van der Waals surface area contributed by atoms with Gasteiger partial charge in [-0.25, -0.2) is 0 Å². The lowest BCUT2D eigenvalue weighted by Crippen LogP contribution is -2.14.